The van der Waals surface area contributed by atoms with Crippen molar-refractivity contribution < 1.29 is 8.42 Å². The van der Waals surface area contributed by atoms with Crippen molar-refractivity contribution in [1.82, 2.24) is 20.2 Å². The van der Waals surface area contributed by atoms with E-state index < -0.39 is 9.84 Å². The third-order valence-electron chi connectivity index (χ3n) is 4.79. The van der Waals surface area contributed by atoms with Gasteiger partial charge in [-0.2, -0.15) is 0 Å². The van der Waals surface area contributed by atoms with E-state index in [4.69, 9.17) is 0 Å². The molecule has 0 saturated heterocycles. The minimum absolute atomic E-state index is 0.00904. The van der Waals surface area contributed by atoms with Crippen LogP contribution in [0.5, 0.6) is 0 Å². The second kappa shape index (κ2) is 4.77. The van der Waals surface area contributed by atoms with Gasteiger partial charge in [0.05, 0.1) is 10.4 Å². The average molecular weight is 333 g/mol. The highest BCUT2D eigenvalue weighted by Gasteiger charge is 2.44. The lowest BCUT2D eigenvalue weighted by molar-refractivity contribution is 0.457. The van der Waals surface area contributed by atoms with E-state index in [1.165, 1.54) is 6.26 Å². The van der Waals surface area contributed by atoms with E-state index >= 15 is 0 Å². The second-order valence-corrected chi connectivity index (χ2v) is 8.65. The first-order chi connectivity index (χ1) is 10.9. The highest BCUT2D eigenvalue weighted by Crippen LogP contribution is 2.45. The van der Waals surface area contributed by atoms with Crippen molar-refractivity contribution in [3.05, 3.63) is 23.8 Å². The molecule has 1 aromatic carbocycles. The van der Waals surface area contributed by atoms with Gasteiger partial charge in [-0.3, -0.25) is 0 Å². The fourth-order valence-electron chi connectivity index (χ4n) is 3.24. The van der Waals surface area contributed by atoms with Crippen molar-refractivity contribution in [2.75, 3.05) is 17.7 Å². The molecule has 1 saturated carbocycles. The van der Waals surface area contributed by atoms with Crippen LogP contribution in [0.4, 0.5) is 11.6 Å². The number of anilines is 2. The number of hydrogen-bond acceptors (Lipinski definition) is 6. The van der Waals surface area contributed by atoms with Crippen molar-refractivity contribution in [3.8, 4) is 0 Å². The Morgan fingerprint density at radius 3 is 2.74 bits per heavy atom. The molecule has 4 rings (SSSR count). The van der Waals surface area contributed by atoms with Gasteiger partial charge in [0.15, 0.2) is 9.84 Å². The molecular weight excluding hydrogens is 314 g/mol. The summed E-state index contributed by atoms with van der Waals surface area (Å²) in [6.45, 7) is 2.93. The number of fused-ring (bicyclic) bond motifs is 1. The molecule has 0 radical (unpaired) electrons. The summed E-state index contributed by atoms with van der Waals surface area (Å²) in [5, 5.41) is 12.2. The van der Waals surface area contributed by atoms with Crippen molar-refractivity contribution in [1.29, 1.82) is 0 Å². The minimum Gasteiger partial charge on any atom is -0.309 e. The predicted molar refractivity (Wildman–Crippen MR) is 85.6 cm³/mol. The average Bonchev–Trinajstić information content (AvgIpc) is 3.07. The molecule has 2 aliphatic rings. The van der Waals surface area contributed by atoms with Gasteiger partial charge in [-0.15, -0.1) is 0 Å². The van der Waals surface area contributed by atoms with E-state index in [1.54, 1.807) is 12.1 Å². The smallest absolute Gasteiger partial charge is 0.250 e. The van der Waals surface area contributed by atoms with Crippen molar-refractivity contribution >= 4 is 21.5 Å². The highest BCUT2D eigenvalue weighted by molar-refractivity contribution is 7.90. The lowest BCUT2D eigenvalue weighted by atomic mass is 10.0. The van der Waals surface area contributed by atoms with Gasteiger partial charge in [0, 0.05) is 18.5 Å². The van der Waals surface area contributed by atoms with Crippen LogP contribution >= 0.6 is 0 Å². The van der Waals surface area contributed by atoms with Gasteiger partial charge >= 0.3 is 0 Å². The Kier molecular flexibility index (Phi) is 3.03. The molecule has 1 aliphatic heterocycles. The monoisotopic (exact) mass is 333 g/mol. The molecule has 0 amide bonds. The van der Waals surface area contributed by atoms with E-state index in [1.807, 2.05) is 10.7 Å². The molecule has 0 unspecified atom stereocenters. The Labute approximate surface area is 135 Å². The van der Waals surface area contributed by atoms with Crippen LogP contribution in [0.2, 0.25) is 0 Å². The van der Waals surface area contributed by atoms with Crippen LogP contribution in [0.25, 0.3) is 0 Å². The number of hydrogen-bond donors (Lipinski definition) is 0. The molecule has 1 fully saturated rings. The molecule has 23 heavy (non-hydrogen) atoms. The Morgan fingerprint density at radius 2 is 2.04 bits per heavy atom. The summed E-state index contributed by atoms with van der Waals surface area (Å²) in [5.41, 5.74) is 1.77. The van der Waals surface area contributed by atoms with Gasteiger partial charge in [-0.05, 0) is 60.7 Å². The SMILES string of the molecule is CC1(n2nnnc2N2CCCc3c2cccc3S(C)(=O)=O)CC1. The molecule has 7 nitrogen and oxygen atoms in total. The van der Waals surface area contributed by atoms with Crippen LogP contribution in [-0.2, 0) is 21.8 Å². The maximum absolute atomic E-state index is 12.1. The maximum Gasteiger partial charge on any atom is 0.250 e. The van der Waals surface area contributed by atoms with Crippen LogP contribution in [0.1, 0.15) is 31.7 Å². The van der Waals surface area contributed by atoms with Crippen LogP contribution < -0.4 is 4.90 Å². The Morgan fingerprint density at radius 1 is 1.26 bits per heavy atom. The normalized spacial score (nSPS) is 19.5. The summed E-state index contributed by atoms with van der Waals surface area (Å²) in [6, 6.07) is 5.43. The van der Waals surface area contributed by atoms with Gasteiger partial charge in [-0.1, -0.05) is 11.2 Å². The van der Waals surface area contributed by atoms with Crippen molar-refractivity contribution in [3.63, 3.8) is 0 Å². The Bertz CT molecular complexity index is 870. The molecule has 1 aliphatic carbocycles. The number of rotatable bonds is 3. The van der Waals surface area contributed by atoms with Gasteiger partial charge in [-0.25, -0.2) is 13.1 Å². The van der Waals surface area contributed by atoms with Crippen LogP contribution in [0.3, 0.4) is 0 Å². The van der Waals surface area contributed by atoms with Crippen molar-refractivity contribution in [2.45, 2.75) is 43.0 Å². The molecule has 2 heterocycles. The van der Waals surface area contributed by atoms with E-state index in [2.05, 4.69) is 27.3 Å². The maximum atomic E-state index is 12.1. The van der Waals surface area contributed by atoms with Gasteiger partial charge < -0.3 is 4.90 Å². The molecule has 0 bridgehead atoms. The van der Waals surface area contributed by atoms with Crippen molar-refractivity contribution in [2.24, 2.45) is 0 Å². The van der Waals surface area contributed by atoms with E-state index in [0.29, 0.717) is 10.8 Å². The standard InChI is InChI=1S/C15H19N5O2S/c1-15(8-9-15)20-14(16-17-18-20)19-10-4-5-11-12(19)6-3-7-13(11)23(2,21)22/h3,6-7H,4-5,8-10H2,1-2H3. The van der Waals surface area contributed by atoms with Crippen LogP contribution in [0, 0.1) is 0 Å². The lowest BCUT2D eigenvalue weighted by Crippen LogP contribution is -2.30. The van der Waals surface area contributed by atoms with Gasteiger partial charge in [0.25, 0.3) is 5.95 Å². The van der Waals surface area contributed by atoms with Gasteiger partial charge in [0.2, 0.25) is 0 Å². The van der Waals surface area contributed by atoms with Crippen LogP contribution in [0.15, 0.2) is 23.1 Å². The third kappa shape index (κ3) is 2.32. The molecule has 0 N–H and O–H groups in total. The number of tetrazole rings is 1. The first-order valence-electron chi connectivity index (χ1n) is 7.78. The van der Waals surface area contributed by atoms with E-state index in [0.717, 1.165) is 43.5 Å². The first-order valence-corrected chi connectivity index (χ1v) is 9.68. The molecule has 0 atom stereocenters. The highest BCUT2D eigenvalue weighted by atomic mass is 32.2. The summed E-state index contributed by atoms with van der Waals surface area (Å²) in [5.74, 6) is 0.705. The topological polar surface area (TPSA) is 81.0 Å². The number of benzene rings is 1. The first kappa shape index (κ1) is 14.6. The summed E-state index contributed by atoms with van der Waals surface area (Å²) in [6.07, 6.45) is 5.03. The number of aromatic nitrogens is 4. The summed E-state index contributed by atoms with van der Waals surface area (Å²) in [4.78, 5) is 2.47. The largest absolute Gasteiger partial charge is 0.309 e. The zero-order chi connectivity index (χ0) is 16.2. The number of sulfone groups is 1. The quantitative estimate of drug-likeness (QED) is 0.850. The zero-order valence-electron chi connectivity index (χ0n) is 13.2. The molecule has 0 spiro atoms. The van der Waals surface area contributed by atoms with Crippen LogP contribution in [-0.4, -0.2) is 41.4 Å². The minimum atomic E-state index is -3.25. The fourth-order valence-corrected chi connectivity index (χ4v) is 4.22. The molecule has 122 valence electrons. The molecule has 8 heteroatoms. The second-order valence-electron chi connectivity index (χ2n) is 6.67. The van der Waals surface area contributed by atoms with E-state index in [-0.39, 0.29) is 5.54 Å². The molecular formula is C15H19N5O2S. The zero-order valence-corrected chi connectivity index (χ0v) is 14.0. The lowest BCUT2D eigenvalue weighted by Gasteiger charge is -2.31. The molecule has 2 aromatic rings. The molecule has 1 aromatic heterocycles. The third-order valence-corrected chi connectivity index (χ3v) is 5.97. The summed E-state index contributed by atoms with van der Waals surface area (Å²) < 4.78 is 26.0. The summed E-state index contributed by atoms with van der Waals surface area (Å²) >= 11 is 0. The predicted octanol–water partition coefficient (Wildman–Crippen LogP) is 1.67. The van der Waals surface area contributed by atoms with Gasteiger partial charge in [0.1, 0.15) is 0 Å². The van der Waals surface area contributed by atoms with E-state index in [9.17, 15) is 8.42 Å². The fraction of sp³-hybridized carbons (Fsp3) is 0.533. The Balaban J connectivity index is 1.85. The summed E-state index contributed by atoms with van der Waals surface area (Å²) in [7, 11) is -3.25. The number of nitrogens with zero attached hydrogens (tertiary/aromatic N) is 5. The Hall–Kier alpha value is -1.96.